The molecule has 1 aliphatic rings. The van der Waals surface area contributed by atoms with E-state index in [0.29, 0.717) is 5.56 Å². The molecule has 0 bridgehead atoms. The third kappa shape index (κ3) is 4.30. The molecule has 3 rings (SSSR count). The van der Waals surface area contributed by atoms with Crippen molar-refractivity contribution >= 4 is 5.78 Å². The van der Waals surface area contributed by atoms with Gasteiger partial charge in [0.15, 0.2) is 17.3 Å². The van der Waals surface area contributed by atoms with Crippen molar-refractivity contribution in [1.29, 1.82) is 0 Å². The summed E-state index contributed by atoms with van der Waals surface area (Å²) in [6.45, 7) is 1.06. The lowest BCUT2D eigenvalue weighted by Crippen LogP contribution is -2.50. The van der Waals surface area contributed by atoms with Crippen molar-refractivity contribution in [3.8, 4) is 28.7 Å². The number of Topliss-reactive ketones (excluding diaryl/α,β-unsaturated/α-hetero) is 1. The highest BCUT2D eigenvalue weighted by molar-refractivity contribution is 6.02. The quantitative estimate of drug-likeness (QED) is 0.231. The van der Waals surface area contributed by atoms with Crippen LogP contribution < -0.4 is 0 Å². The van der Waals surface area contributed by atoms with Crippen molar-refractivity contribution < 1.29 is 50.4 Å². The molecule has 0 aliphatic carbocycles. The van der Waals surface area contributed by atoms with Gasteiger partial charge in [-0.3, -0.25) is 4.79 Å². The second-order valence-corrected chi connectivity index (χ2v) is 7.92. The zero-order valence-electron chi connectivity index (χ0n) is 17.2. The SMILES string of the molecule is CC1C(CO)OC(c2c(O)cc(O)c(C(=O)CCc3ccc(O)c(O)c3)c2O)C(O)C1O. The first-order chi connectivity index (χ1) is 15.1. The van der Waals surface area contributed by atoms with Crippen LogP contribution in [0.15, 0.2) is 24.3 Å². The van der Waals surface area contributed by atoms with Gasteiger partial charge in [-0.15, -0.1) is 0 Å². The summed E-state index contributed by atoms with van der Waals surface area (Å²) < 4.78 is 5.58. The maximum atomic E-state index is 12.8. The maximum Gasteiger partial charge on any atom is 0.170 e. The van der Waals surface area contributed by atoms with Gasteiger partial charge in [-0.1, -0.05) is 13.0 Å². The van der Waals surface area contributed by atoms with Crippen molar-refractivity contribution in [3.63, 3.8) is 0 Å². The number of hydrogen-bond donors (Lipinski definition) is 8. The highest BCUT2D eigenvalue weighted by atomic mass is 16.5. The lowest BCUT2D eigenvalue weighted by atomic mass is 9.84. The van der Waals surface area contributed by atoms with Gasteiger partial charge in [-0.25, -0.2) is 0 Å². The molecule has 0 aromatic heterocycles. The number of aliphatic hydroxyl groups is 3. The van der Waals surface area contributed by atoms with Crippen molar-refractivity contribution in [2.24, 2.45) is 5.92 Å². The molecule has 0 amide bonds. The van der Waals surface area contributed by atoms with Gasteiger partial charge in [0.05, 0.1) is 24.4 Å². The Labute approximate surface area is 183 Å². The van der Waals surface area contributed by atoms with Crippen LogP contribution in [0.25, 0.3) is 0 Å². The Kier molecular flexibility index (Phi) is 6.79. The fraction of sp³-hybridized carbons (Fsp3) is 0.409. The first-order valence-electron chi connectivity index (χ1n) is 10.0. The van der Waals surface area contributed by atoms with Gasteiger partial charge in [0.25, 0.3) is 0 Å². The first kappa shape index (κ1) is 23.6. The Morgan fingerprint density at radius 2 is 1.62 bits per heavy atom. The standard InChI is InChI=1S/C22H26O10/c1-9-16(8-23)32-22(21(31)19(9)29)18-15(28)7-14(27)17(20(18)30)12(25)5-3-10-2-4-11(24)13(26)6-10/h2,4,6-7,9,16,19,21-24,26-31H,3,5,8H2,1H3. The largest absolute Gasteiger partial charge is 0.507 e. The number of aliphatic hydroxyl groups excluding tert-OH is 3. The molecule has 8 N–H and O–H groups in total. The fourth-order valence-electron chi connectivity index (χ4n) is 3.87. The third-order valence-corrected chi connectivity index (χ3v) is 5.83. The monoisotopic (exact) mass is 450 g/mol. The Morgan fingerprint density at radius 1 is 0.938 bits per heavy atom. The smallest absolute Gasteiger partial charge is 0.170 e. The molecule has 174 valence electrons. The van der Waals surface area contributed by atoms with Crippen LogP contribution in [0.3, 0.4) is 0 Å². The van der Waals surface area contributed by atoms with Gasteiger partial charge in [0.1, 0.15) is 35.0 Å². The zero-order chi connectivity index (χ0) is 23.7. The summed E-state index contributed by atoms with van der Waals surface area (Å²) in [6, 6.07) is 4.85. The Hall–Kier alpha value is -3.05. The fourth-order valence-corrected chi connectivity index (χ4v) is 3.87. The van der Waals surface area contributed by atoms with Crippen molar-refractivity contribution in [2.45, 2.75) is 44.2 Å². The Morgan fingerprint density at radius 3 is 2.25 bits per heavy atom. The van der Waals surface area contributed by atoms with Gasteiger partial charge in [-0.2, -0.15) is 0 Å². The van der Waals surface area contributed by atoms with Gasteiger partial charge in [0, 0.05) is 18.4 Å². The maximum absolute atomic E-state index is 12.8. The van der Waals surface area contributed by atoms with Crippen molar-refractivity contribution in [1.82, 2.24) is 0 Å². The summed E-state index contributed by atoms with van der Waals surface area (Å²) in [5, 5.41) is 80.4. The number of benzene rings is 2. The number of phenolic OH excluding ortho intramolecular Hbond substituents is 5. The number of phenols is 5. The van der Waals surface area contributed by atoms with E-state index in [4.69, 9.17) is 4.74 Å². The lowest BCUT2D eigenvalue weighted by molar-refractivity contribution is -0.207. The molecule has 1 fully saturated rings. The highest BCUT2D eigenvalue weighted by Crippen LogP contribution is 2.47. The molecule has 5 unspecified atom stereocenters. The predicted molar refractivity (Wildman–Crippen MR) is 110 cm³/mol. The van der Waals surface area contributed by atoms with E-state index in [2.05, 4.69) is 0 Å². The number of ether oxygens (including phenoxy) is 1. The van der Waals surface area contributed by atoms with Crippen LogP contribution in [0.4, 0.5) is 0 Å². The molecule has 0 radical (unpaired) electrons. The van der Waals surface area contributed by atoms with Gasteiger partial charge >= 0.3 is 0 Å². The Balaban J connectivity index is 1.92. The van der Waals surface area contributed by atoms with E-state index in [9.17, 15) is 45.6 Å². The van der Waals surface area contributed by atoms with Crippen LogP contribution in [0, 0.1) is 5.92 Å². The number of aryl methyl sites for hydroxylation is 1. The minimum absolute atomic E-state index is 0.104. The van der Waals surface area contributed by atoms with E-state index < -0.39 is 71.1 Å². The number of rotatable bonds is 6. The summed E-state index contributed by atoms with van der Waals surface area (Å²) in [7, 11) is 0. The summed E-state index contributed by atoms with van der Waals surface area (Å²) in [5.41, 5.74) is -0.392. The zero-order valence-corrected chi connectivity index (χ0v) is 17.2. The molecule has 2 aromatic carbocycles. The summed E-state index contributed by atoms with van der Waals surface area (Å²) in [4.78, 5) is 12.8. The van der Waals surface area contributed by atoms with E-state index in [1.54, 1.807) is 6.92 Å². The number of aromatic hydroxyl groups is 5. The van der Waals surface area contributed by atoms with E-state index in [-0.39, 0.29) is 24.3 Å². The molecular formula is C22H26O10. The molecule has 1 saturated heterocycles. The van der Waals surface area contributed by atoms with Gasteiger partial charge < -0.3 is 45.6 Å². The molecule has 0 saturated carbocycles. The minimum Gasteiger partial charge on any atom is -0.507 e. The summed E-state index contributed by atoms with van der Waals surface area (Å²) >= 11 is 0. The summed E-state index contributed by atoms with van der Waals surface area (Å²) in [5.74, 6) is -4.20. The van der Waals surface area contributed by atoms with Crippen LogP contribution in [0.1, 0.15) is 40.9 Å². The molecule has 32 heavy (non-hydrogen) atoms. The second-order valence-electron chi connectivity index (χ2n) is 7.92. The van der Waals surface area contributed by atoms with Crippen LogP contribution >= 0.6 is 0 Å². The van der Waals surface area contributed by atoms with Crippen molar-refractivity contribution in [3.05, 3.63) is 41.0 Å². The molecule has 1 aliphatic heterocycles. The van der Waals surface area contributed by atoms with Crippen LogP contribution in [-0.4, -0.2) is 71.6 Å². The number of hydrogen-bond acceptors (Lipinski definition) is 10. The van der Waals surface area contributed by atoms with Gasteiger partial charge in [0.2, 0.25) is 0 Å². The molecule has 0 spiro atoms. The van der Waals surface area contributed by atoms with E-state index >= 15 is 0 Å². The Bertz CT molecular complexity index is 1000. The molecule has 1 heterocycles. The molecule has 10 heteroatoms. The second kappa shape index (κ2) is 9.21. The number of carbonyl (C=O) groups excluding carboxylic acids is 1. The lowest BCUT2D eigenvalue weighted by Gasteiger charge is -2.41. The topological polar surface area (TPSA) is 188 Å². The number of ketones is 1. The minimum atomic E-state index is -1.59. The van der Waals surface area contributed by atoms with E-state index in [0.717, 1.165) is 6.07 Å². The molecule has 10 nitrogen and oxygen atoms in total. The first-order valence-corrected chi connectivity index (χ1v) is 10.0. The highest BCUT2D eigenvalue weighted by Gasteiger charge is 2.45. The van der Waals surface area contributed by atoms with Crippen LogP contribution in [-0.2, 0) is 11.2 Å². The van der Waals surface area contributed by atoms with E-state index in [1.165, 1.54) is 18.2 Å². The third-order valence-electron chi connectivity index (χ3n) is 5.83. The molecule has 2 aromatic rings. The van der Waals surface area contributed by atoms with Crippen LogP contribution in [0.5, 0.6) is 28.7 Å². The predicted octanol–water partition coefficient (Wildman–Crippen LogP) is 0.820. The molecular weight excluding hydrogens is 424 g/mol. The van der Waals surface area contributed by atoms with Gasteiger partial charge in [-0.05, 0) is 24.1 Å². The average molecular weight is 450 g/mol. The van der Waals surface area contributed by atoms with Crippen molar-refractivity contribution in [2.75, 3.05) is 6.61 Å². The van der Waals surface area contributed by atoms with E-state index in [1.807, 2.05) is 0 Å². The normalized spacial score (nSPS) is 25.6. The van der Waals surface area contributed by atoms with Crippen LogP contribution in [0.2, 0.25) is 0 Å². The average Bonchev–Trinajstić information content (AvgIpc) is 2.74. The molecule has 5 atom stereocenters. The number of carbonyl (C=O) groups is 1. The summed E-state index contributed by atoms with van der Waals surface area (Å²) in [6.07, 6.45) is -5.42.